The predicted octanol–water partition coefficient (Wildman–Crippen LogP) is 5.21. The molecule has 5 rings (SSSR count). The van der Waals surface area contributed by atoms with Crippen molar-refractivity contribution in [3.8, 4) is 0 Å². The second kappa shape index (κ2) is 34.3. The fraction of sp³-hybridized carbons (Fsp3) is 0.946. The second-order valence-corrected chi connectivity index (χ2v) is 22.1. The molecule has 5 aliphatic rings. The van der Waals surface area contributed by atoms with Gasteiger partial charge in [0.05, 0.1) is 31.0 Å². The van der Waals surface area contributed by atoms with E-state index in [0.29, 0.717) is 32.1 Å². The maximum absolute atomic E-state index is 13.6. The van der Waals surface area contributed by atoms with E-state index in [0.717, 1.165) is 109 Å². The number of esters is 3. The molecule has 0 saturated carbocycles. The molecular weight excluding hydrogens is 1010 g/mol. The zero-order valence-electron chi connectivity index (χ0n) is 46.9. The van der Waals surface area contributed by atoms with Crippen LogP contribution >= 0.6 is 0 Å². The summed E-state index contributed by atoms with van der Waals surface area (Å²) >= 11 is 0. The summed E-state index contributed by atoms with van der Waals surface area (Å²) in [6, 6.07) is 0. The fourth-order valence-corrected chi connectivity index (χ4v) is 10.9. The van der Waals surface area contributed by atoms with Gasteiger partial charge < -0.3 is 87.9 Å². The molecule has 77 heavy (non-hydrogen) atoms. The minimum absolute atomic E-state index is 0.00344. The molecule has 0 amide bonds. The van der Waals surface area contributed by atoms with Gasteiger partial charge in [-0.25, -0.2) is 0 Å². The molecule has 5 fully saturated rings. The van der Waals surface area contributed by atoms with Crippen molar-refractivity contribution in [3.05, 3.63) is 0 Å². The van der Waals surface area contributed by atoms with Crippen LogP contribution in [0, 0.1) is 0 Å². The highest BCUT2D eigenvalue weighted by Crippen LogP contribution is 2.37. The first-order chi connectivity index (χ1) is 37.0. The number of rotatable bonds is 23. The lowest BCUT2D eigenvalue weighted by Gasteiger charge is -2.49. The molecule has 21 unspecified atom stereocenters. The Morgan fingerprint density at radius 3 is 1.64 bits per heavy atom. The van der Waals surface area contributed by atoms with Crippen LogP contribution in [0.15, 0.2) is 0 Å². The summed E-state index contributed by atoms with van der Waals surface area (Å²) in [4.78, 5) is 40.0. The van der Waals surface area contributed by atoms with Crippen LogP contribution in [-0.4, -0.2) is 189 Å². The van der Waals surface area contributed by atoms with Crippen molar-refractivity contribution >= 4 is 17.9 Å². The largest absolute Gasteiger partial charge is 0.457 e. The highest BCUT2D eigenvalue weighted by Gasteiger charge is 2.56. The first-order valence-corrected chi connectivity index (χ1v) is 29.5. The summed E-state index contributed by atoms with van der Waals surface area (Å²) in [5.74, 6) is -1.88. The molecular formula is C56H98O21. The maximum atomic E-state index is 13.6. The van der Waals surface area contributed by atoms with Crippen LogP contribution in [-0.2, 0) is 66.5 Å². The average molecular weight is 1110 g/mol. The quantitative estimate of drug-likeness (QED) is 0.0393. The number of hydrogen-bond donors (Lipinski definition) is 7. The van der Waals surface area contributed by atoms with E-state index in [1.54, 1.807) is 13.8 Å². The van der Waals surface area contributed by atoms with Crippen molar-refractivity contribution in [3.63, 3.8) is 0 Å². The molecule has 21 nitrogen and oxygen atoms in total. The van der Waals surface area contributed by atoms with E-state index in [2.05, 4.69) is 20.8 Å². The predicted molar refractivity (Wildman–Crippen MR) is 276 cm³/mol. The van der Waals surface area contributed by atoms with Crippen LogP contribution in [0.25, 0.3) is 0 Å². The van der Waals surface area contributed by atoms with Crippen LogP contribution in [0.1, 0.15) is 202 Å². The van der Waals surface area contributed by atoms with Gasteiger partial charge in [-0.1, -0.05) is 130 Å². The lowest BCUT2D eigenvalue weighted by atomic mass is 9.95. The number of carbonyl (C=O) groups is 3. The molecule has 21 heteroatoms. The minimum Gasteiger partial charge on any atom is -0.457 e. The van der Waals surface area contributed by atoms with Gasteiger partial charge in [-0.2, -0.15) is 0 Å². The number of carbonyl (C=O) groups excluding carboxylic acids is 3. The molecule has 0 aromatic heterocycles. The third kappa shape index (κ3) is 19.8. The van der Waals surface area contributed by atoms with E-state index in [9.17, 15) is 50.1 Å². The van der Waals surface area contributed by atoms with Gasteiger partial charge in [0.2, 0.25) is 0 Å². The lowest BCUT2D eigenvalue weighted by molar-refractivity contribution is -0.388. The van der Waals surface area contributed by atoms with Gasteiger partial charge >= 0.3 is 17.9 Å². The van der Waals surface area contributed by atoms with Crippen molar-refractivity contribution in [2.75, 3.05) is 6.61 Å². The zero-order valence-corrected chi connectivity index (χ0v) is 46.9. The molecule has 5 saturated heterocycles. The number of unbranched alkanes of at least 4 members (excludes halogenated alkanes) is 10. The normalized spacial score (nSPS) is 39.0. The average Bonchev–Trinajstić information content (AvgIpc) is 3.40. The van der Waals surface area contributed by atoms with Crippen molar-refractivity contribution in [2.45, 2.75) is 331 Å². The third-order valence-electron chi connectivity index (χ3n) is 15.6. The van der Waals surface area contributed by atoms with Crippen LogP contribution < -0.4 is 0 Å². The van der Waals surface area contributed by atoms with Crippen molar-refractivity contribution in [1.82, 2.24) is 0 Å². The molecule has 21 atom stereocenters. The Labute approximate surface area is 456 Å². The Bertz CT molecular complexity index is 1680. The van der Waals surface area contributed by atoms with Gasteiger partial charge in [0.15, 0.2) is 43.5 Å². The number of aliphatic hydroxyl groups excluding tert-OH is 7. The zero-order chi connectivity index (χ0) is 56.0. The molecule has 448 valence electrons. The highest BCUT2D eigenvalue weighted by atomic mass is 16.8. The molecule has 0 bridgehead atoms. The second-order valence-electron chi connectivity index (χ2n) is 22.1. The molecule has 0 aromatic carbocycles. The molecule has 5 heterocycles. The summed E-state index contributed by atoms with van der Waals surface area (Å²) in [7, 11) is 0. The van der Waals surface area contributed by atoms with Gasteiger partial charge in [0.25, 0.3) is 0 Å². The van der Waals surface area contributed by atoms with E-state index in [4.69, 9.17) is 52.1 Å². The summed E-state index contributed by atoms with van der Waals surface area (Å²) in [5.41, 5.74) is 0. The van der Waals surface area contributed by atoms with Crippen molar-refractivity contribution in [2.24, 2.45) is 0 Å². The van der Waals surface area contributed by atoms with E-state index in [1.807, 2.05) is 0 Å². The third-order valence-corrected chi connectivity index (χ3v) is 15.6. The Kier molecular flexibility index (Phi) is 29.2. The van der Waals surface area contributed by atoms with Gasteiger partial charge in [-0.15, -0.1) is 0 Å². The SMILES string of the molecule is CCCCCCCC(=O)OC1C(C)OC(OC2C(C)OC(OC3C(C)OC4OC5C(OC(CCCCC)CCCCCCCCCC(=O)OC4C3O)OC(CO)C(O)C5O)C(O)C2OC(=O)CCCCCCC)C(O)C1O. The fourth-order valence-electron chi connectivity index (χ4n) is 10.9. The standard InChI is InChI=1S/C56H98O21/c1-7-10-13-18-24-29-38(58)72-47-33(4)67-53(44(64)43(47)63)76-49-35(6)68-54(46(66)50(49)73-39(59)30-25-19-14-11-8-2)75-48-34(5)69-55-52(45(48)65)74-40(60)31-26-21-17-15-16-20-23-28-36(27-22-12-9-3)70-56-51(77-55)42(62)41(61)37(32-57)71-56/h33-37,41-57,61-66H,7-32H2,1-6H3. The summed E-state index contributed by atoms with van der Waals surface area (Å²) in [6.45, 7) is 10.3. The highest BCUT2D eigenvalue weighted by molar-refractivity contribution is 5.70. The van der Waals surface area contributed by atoms with E-state index < -0.39 is 147 Å². The summed E-state index contributed by atoms with van der Waals surface area (Å²) in [5, 5.41) is 80.0. The van der Waals surface area contributed by atoms with Crippen molar-refractivity contribution in [1.29, 1.82) is 0 Å². The summed E-state index contributed by atoms with van der Waals surface area (Å²) < 4.78 is 67.8. The number of hydrogen-bond acceptors (Lipinski definition) is 21. The maximum Gasteiger partial charge on any atom is 0.306 e. The first-order valence-electron chi connectivity index (χ1n) is 29.5. The Morgan fingerprint density at radius 1 is 0.494 bits per heavy atom. The number of fused-ring (bicyclic) bond motifs is 2. The van der Waals surface area contributed by atoms with E-state index >= 15 is 0 Å². The van der Waals surface area contributed by atoms with Gasteiger partial charge in [-0.05, 0) is 52.9 Å². The Hall–Kier alpha value is -2.19. The first kappa shape index (κ1) is 65.6. The monoisotopic (exact) mass is 1110 g/mol. The van der Waals surface area contributed by atoms with Gasteiger partial charge in [0, 0.05) is 19.3 Å². The molecule has 5 aliphatic heterocycles. The van der Waals surface area contributed by atoms with Crippen LogP contribution in [0.3, 0.4) is 0 Å². The van der Waals surface area contributed by atoms with E-state index in [-0.39, 0.29) is 25.4 Å². The van der Waals surface area contributed by atoms with Crippen LogP contribution in [0.4, 0.5) is 0 Å². The smallest absolute Gasteiger partial charge is 0.306 e. The molecule has 7 N–H and O–H groups in total. The lowest BCUT2D eigenvalue weighted by Crippen LogP contribution is -2.67. The Balaban J connectivity index is 1.37. The van der Waals surface area contributed by atoms with Gasteiger partial charge in [-0.3, -0.25) is 14.4 Å². The molecule has 0 aromatic rings. The number of ether oxygens (including phenoxy) is 11. The van der Waals surface area contributed by atoms with E-state index in [1.165, 1.54) is 6.92 Å². The molecule has 0 spiro atoms. The topological polar surface area (TPSA) is 294 Å². The molecule has 0 radical (unpaired) electrons. The molecule has 0 aliphatic carbocycles. The summed E-state index contributed by atoms with van der Waals surface area (Å²) in [6.07, 6.45) is -10.6. The van der Waals surface area contributed by atoms with Crippen LogP contribution in [0.2, 0.25) is 0 Å². The minimum atomic E-state index is -1.82. The Morgan fingerprint density at radius 2 is 1.01 bits per heavy atom. The number of aliphatic hydroxyl groups is 7. The van der Waals surface area contributed by atoms with Gasteiger partial charge in [0.1, 0.15) is 61.0 Å². The van der Waals surface area contributed by atoms with Crippen LogP contribution in [0.5, 0.6) is 0 Å². The van der Waals surface area contributed by atoms with Crippen molar-refractivity contribution < 1.29 is 102 Å².